The average Bonchev–Trinajstić information content (AvgIpc) is 3.16. The Morgan fingerprint density at radius 2 is 2.07 bits per heavy atom. The molecule has 0 aliphatic carbocycles. The van der Waals surface area contributed by atoms with Crippen molar-refractivity contribution in [2.24, 2.45) is 0 Å². The average molecular weight is 373 g/mol. The first kappa shape index (κ1) is 16.6. The van der Waals surface area contributed by atoms with Crippen molar-refractivity contribution in [1.29, 1.82) is 0 Å². The first-order valence-corrected chi connectivity index (χ1v) is 9.14. The predicted octanol–water partition coefficient (Wildman–Crippen LogP) is 3.84. The molecule has 0 spiro atoms. The lowest BCUT2D eigenvalue weighted by atomic mass is 10.0. The van der Waals surface area contributed by atoms with Crippen molar-refractivity contribution in [2.75, 3.05) is 13.7 Å². The number of hydrogen-bond donors (Lipinski definition) is 0. The summed E-state index contributed by atoms with van der Waals surface area (Å²) in [5.74, 6) is 2.10. The number of fused-ring (bicyclic) bond motifs is 2. The maximum Gasteiger partial charge on any atom is 0.212 e. The van der Waals surface area contributed by atoms with Crippen LogP contribution in [0.1, 0.15) is 22.8 Å². The summed E-state index contributed by atoms with van der Waals surface area (Å²) in [6.45, 7) is 0.446. The van der Waals surface area contributed by atoms with Crippen LogP contribution >= 0.6 is 0 Å². The fraction of sp³-hybridized carbons (Fsp3) is 0.182. The van der Waals surface area contributed by atoms with E-state index in [-0.39, 0.29) is 6.10 Å². The molecule has 0 fully saturated rings. The molecule has 28 heavy (non-hydrogen) atoms. The maximum absolute atomic E-state index is 6.13. The van der Waals surface area contributed by atoms with Gasteiger partial charge in [0.15, 0.2) is 17.6 Å². The molecule has 0 saturated heterocycles. The van der Waals surface area contributed by atoms with E-state index in [0.29, 0.717) is 12.5 Å². The van der Waals surface area contributed by atoms with Crippen molar-refractivity contribution in [3.63, 3.8) is 0 Å². The molecule has 6 heteroatoms. The highest BCUT2D eigenvalue weighted by atomic mass is 16.6. The largest absolute Gasteiger partial charge is 0.485 e. The van der Waals surface area contributed by atoms with Gasteiger partial charge in [-0.15, -0.1) is 0 Å². The van der Waals surface area contributed by atoms with Crippen molar-refractivity contribution < 1.29 is 14.2 Å². The standard InChI is InChI=1S/C22H19N3O3/c1-26-22-8-6-16(12-23-22)21-14-27-20-11-15(5-7-19(20)28-21)10-17-13-24-25-9-3-2-4-18(17)25/h2-9,11-13,21H,10,14H2,1H3. The molecule has 4 heterocycles. The number of rotatable bonds is 4. The summed E-state index contributed by atoms with van der Waals surface area (Å²) in [4.78, 5) is 4.24. The third-order valence-corrected chi connectivity index (χ3v) is 4.91. The Morgan fingerprint density at radius 3 is 2.93 bits per heavy atom. The zero-order valence-electron chi connectivity index (χ0n) is 15.4. The fourth-order valence-corrected chi connectivity index (χ4v) is 3.44. The van der Waals surface area contributed by atoms with E-state index in [1.807, 2.05) is 53.3 Å². The minimum absolute atomic E-state index is 0.184. The molecule has 4 aromatic rings. The van der Waals surface area contributed by atoms with Crippen molar-refractivity contribution >= 4 is 5.52 Å². The molecule has 6 nitrogen and oxygen atoms in total. The third kappa shape index (κ3) is 3.03. The van der Waals surface area contributed by atoms with Gasteiger partial charge in [0.25, 0.3) is 0 Å². The molecule has 1 unspecified atom stereocenters. The van der Waals surface area contributed by atoms with Crippen LogP contribution in [0.4, 0.5) is 0 Å². The van der Waals surface area contributed by atoms with E-state index in [0.717, 1.165) is 34.6 Å². The Labute approximate surface area is 162 Å². The second-order valence-corrected chi connectivity index (χ2v) is 6.71. The van der Waals surface area contributed by atoms with Crippen molar-refractivity contribution in [3.8, 4) is 17.4 Å². The first-order valence-electron chi connectivity index (χ1n) is 9.14. The summed E-state index contributed by atoms with van der Waals surface area (Å²) in [6, 6.07) is 15.9. The van der Waals surface area contributed by atoms with Gasteiger partial charge in [-0.25, -0.2) is 9.50 Å². The molecule has 0 bridgehead atoms. The number of hydrogen-bond acceptors (Lipinski definition) is 5. The van der Waals surface area contributed by atoms with Crippen LogP contribution in [0.5, 0.6) is 17.4 Å². The number of aromatic nitrogens is 3. The van der Waals surface area contributed by atoms with Gasteiger partial charge >= 0.3 is 0 Å². The van der Waals surface area contributed by atoms with Gasteiger partial charge in [0.1, 0.15) is 6.61 Å². The molecular weight excluding hydrogens is 354 g/mol. The second-order valence-electron chi connectivity index (χ2n) is 6.71. The molecule has 0 N–H and O–H groups in total. The van der Waals surface area contributed by atoms with E-state index >= 15 is 0 Å². The molecule has 1 aromatic carbocycles. The summed E-state index contributed by atoms with van der Waals surface area (Å²) < 4.78 is 19.1. The summed E-state index contributed by atoms with van der Waals surface area (Å²) in [6.07, 6.45) is 6.24. The quantitative estimate of drug-likeness (QED) is 0.544. The Bertz CT molecular complexity index is 1120. The fourth-order valence-electron chi connectivity index (χ4n) is 3.44. The van der Waals surface area contributed by atoms with Crippen molar-refractivity contribution in [2.45, 2.75) is 12.5 Å². The van der Waals surface area contributed by atoms with Gasteiger partial charge in [-0.3, -0.25) is 0 Å². The molecular formula is C22H19N3O3. The number of methoxy groups -OCH3 is 1. The van der Waals surface area contributed by atoms with E-state index in [9.17, 15) is 0 Å². The highest BCUT2D eigenvalue weighted by Gasteiger charge is 2.23. The smallest absolute Gasteiger partial charge is 0.212 e. The summed E-state index contributed by atoms with van der Waals surface area (Å²) in [5.41, 5.74) is 4.41. The van der Waals surface area contributed by atoms with Gasteiger partial charge in [-0.2, -0.15) is 5.10 Å². The SMILES string of the molecule is COc1ccc(C2COc3cc(Cc4cnn5ccccc45)ccc3O2)cn1. The van der Waals surface area contributed by atoms with Crippen LogP contribution in [0.3, 0.4) is 0 Å². The Morgan fingerprint density at radius 1 is 1.11 bits per heavy atom. The first-order chi connectivity index (χ1) is 13.8. The lowest BCUT2D eigenvalue weighted by Crippen LogP contribution is -2.21. The van der Waals surface area contributed by atoms with Gasteiger partial charge in [0, 0.05) is 36.0 Å². The lowest BCUT2D eigenvalue weighted by molar-refractivity contribution is 0.0909. The van der Waals surface area contributed by atoms with Gasteiger partial charge in [0.2, 0.25) is 5.88 Å². The number of benzene rings is 1. The highest BCUT2D eigenvalue weighted by Crippen LogP contribution is 2.37. The predicted molar refractivity (Wildman–Crippen MR) is 104 cm³/mol. The van der Waals surface area contributed by atoms with Crippen LogP contribution in [0.2, 0.25) is 0 Å². The Hall–Kier alpha value is -3.54. The second kappa shape index (κ2) is 6.88. The van der Waals surface area contributed by atoms with Gasteiger partial charge < -0.3 is 14.2 Å². The lowest BCUT2D eigenvalue weighted by Gasteiger charge is -2.27. The van der Waals surface area contributed by atoms with E-state index in [2.05, 4.69) is 22.2 Å². The number of nitrogens with zero attached hydrogens (tertiary/aromatic N) is 3. The van der Waals surface area contributed by atoms with E-state index in [1.165, 1.54) is 5.56 Å². The van der Waals surface area contributed by atoms with Gasteiger partial charge in [-0.05, 0) is 35.9 Å². The van der Waals surface area contributed by atoms with E-state index in [1.54, 1.807) is 13.3 Å². The minimum Gasteiger partial charge on any atom is -0.485 e. The van der Waals surface area contributed by atoms with Crippen LogP contribution in [0.15, 0.2) is 67.1 Å². The number of ether oxygens (including phenoxy) is 3. The summed E-state index contributed by atoms with van der Waals surface area (Å²) >= 11 is 0. The summed E-state index contributed by atoms with van der Waals surface area (Å²) in [5, 5.41) is 4.40. The zero-order valence-corrected chi connectivity index (χ0v) is 15.4. The molecule has 0 saturated carbocycles. The van der Waals surface area contributed by atoms with Crippen molar-refractivity contribution in [1.82, 2.24) is 14.6 Å². The van der Waals surface area contributed by atoms with Crippen LogP contribution in [-0.2, 0) is 6.42 Å². The molecule has 0 radical (unpaired) electrons. The van der Waals surface area contributed by atoms with Gasteiger partial charge in [0.05, 0.1) is 18.8 Å². The maximum atomic E-state index is 6.13. The monoisotopic (exact) mass is 373 g/mol. The molecule has 140 valence electrons. The summed E-state index contributed by atoms with van der Waals surface area (Å²) in [7, 11) is 1.60. The molecule has 1 aliphatic heterocycles. The normalized spacial score (nSPS) is 15.5. The minimum atomic E-state index is -0.184. The molecule has 1 aliphatic rings. The highest BCUT2D eigenvalue weighted by molar-refractivity contribution is 5.56. The van der Waals surface area contributed by atoms with Crippen LogP contribution in [0.25, 0.3) is 5.52 Å². The molecule has 1 atom stereocenters. The van der Waals surface area contributed by atoms with E-state index in [4.69, 9.17) is 14.2 Å². The molecule has 3 aromatic heterocycles. The van der Waals surface area contributed by atoms with Crippen molar-refractivity contribution in [3.05, 3.63) is 83.8 Å². The molecule has 5 rings (SSSR count). The third-order valence-electron chi connectivity index (χ3n) is 4.91. The van der Waals surface area contributed by atoms with Crippen LogP contribution in [-0.4, -0.2) is 28.3 Å². The van der Waals surface area contributed by atoms with E-state index < -0.39 is 0 Å². The van der Waals surface area contributed by atoms with Crippen LogP contribution in [0, 0.1) is 0 Å². The topological polar surface area (TPSA) is 57.9 Å². The van der Waals surface area contributed by atoms with Gasteiger partial charge in [-0.1, -0.05) is 12.1 Å². The molecule has 0 amide bonds. The Balaban J connectivity index is 1.35. The van der Waals surface area contributed by atoms with Crippen LogP contribution < -0.4 is 14.2 Å². The zero-order chi connectivity index (χ0) is 18.9. The number of pyridine rings is 2. The Kier molecular flexibility index (Phi) is 4.09.